The molecule has 0 bridgehead atoms. The Kier molecular flexibility index (Phi) is 5.26. The normalized spacial score (nSPS) is 25.0. The van der Waals surface area contributed by atoms with Crippen LogP contribution in [0.2, 0.25) is 0 Å². The third kappa shape index (κ3) is 3.86. The van der Waals surface area contributed by atoms with E-state index < -0.39 is 9.84 Å². The van der Waals surface area contributed by atoms with Gasteiger partial charge in [-0.05, 0) is 39.3 Å². The summed E-state index contributed by atoms with van der Waals surface area (Å²) in [5, 5.41) is 0. The topological polar surface area (TPSA) is 57.7 Å². The van der Waals surface area contributed by atoms with Gasteiger partial charge in [-0.15, -0.1) is 0 Å². The minimum absolute atomic E-state index is 0.0449. The molecule has 2 aliphatic rings. The summed E-state index contributed by atoms with van der Waals surface area (Å²) in [4.78, 5) is 17.2. The predicted octanol–water partition coefficient (Wildman–Crippen LogP) is 2.19. The van der Waals surface area contributed by atoms with Crippen LogP contribution in [0.15, 0.2) is 29.8 Å². The molecule has 1 aromatic rings. The third-order valence-corrected chi connectivity index (χ3v) is 7.10. The molecule has 2 aliphatic heterocycles. The second-order valence-electron chi connectivity index (χ2n) is 7.80. The molecular formula is C20H28N2O3S. The number of carbonyl (C=O) groups excluding carboxylic acids is 1. The van der Waals surface area contributed by atoms with Gasteiger partial charge in [0, 0.05) is 31.2 Å². The number of amides is 1. The van der Waals surface area contributed by atoms with Crippen molar-refractivity contribution < 1.29 is 13.2 Å². The number of piperazine rings is 1. The van der Waals surface area contributed by atoms with E-state index in [1.165, 1.54) is 5.57 Å². The minimum Gasteiger partial charge on any atom is -0.332 e. The van der Waals surface area contributed by atoms with E-state index in [1.807, 2.05) is 45.9 Å². The van der Waals surface area contributed by atoms with Gasteiger partial charge in [0.25, 0.3) is 5.91 Å². The van der Waals surface area contributed by atoms with E-state index in [2.05, 4.69) is 11.0 Å². The average molecular weight is 377 g/mol. The smallest absolute Gasteiger partial charge is 0.254 e. The van der Waals surface area contributed by atoms with Crippen LogP contribution in [0, 0.1) is 13.8 Å². The summed E-state index contributed by atoms with van der Waals surface area (Å²) in [6, 6.07) is 5.43. The number of hydrogen-bond donors (Lipinski definition) is 0. The van der Waals surface area contributed by atoms with E-state index in [9.17, 15) is 13.2 Å². The van der Waals surface area contributed by atoms with Crippen molar-refractivity contribution in [2.45, 2.75) is 39.8 Å². The van der Waals surface area contributed by atoms with E-state index in [0.29, 0.717) is 18.7 Å². The minimum atomic E-state index is -3.12. The first-order chi connectivity index (χ1) is 12.2. The van der Waals surface area contributed by atoms with E-state index >= 15 is 0 Å². The van der Waals surface area contributed by atoms with E-state index in [-0.39, 0.29) is 29.5 Å². The Balaban J connectivity index is 1.88. The molecule has 2 saturated heterocycles. The molecule has 2 fully saturated rings. The van der Waals surface area contributed by atoms with Crippen molar-refractivity contribution in [1.29, 1.82) is 0 Å². The second kappa shape index (κ2) is 7.16. The number of hydrogen-bond acceptors (Lipinski definition) is 4. The quantitative estimate of drug-likeness (QED) is 0.759. The van der Waals surface area contributed by atoms with E-state index in [4.69, 9.17) is 0 Å². The second-order valence-corrected chi connectivity index (χ2v) is 9.96. The van der Waals surface area contributed by atoms with Crippen molar-refractivity contribution in [2.24, 2.45) is 0 Å². The Morgan fingerprint density at radius 1 is 1.15 bits per heavy atom. The molecule has 0 saturated carbocycles. The van der Waals surface area contributed by atoms with E-state index in [0.717, 1.165) is 17.7 Å². The summed E-state index contributed by atoms with van der Waals surface area (Å²) in [5.74, 6) is 0.168. The van der Waals surface area contributed by atoms with Crippen LogP contribution in [-0.4, -0.2) is 67.3 Å². The first-order valence-corrected chi connectivity index (χ1v) is 11.0. The Morgan fingerprint density at radius 2 is 1.85 bits per heavy atom. The van der Waals surface area contributed by atoms with Crippen LogP contribution in [0.25, 0.3) is 0 Å². The number of nitrogens with zero attached hydrogens (tertiary/aromatic N) is 2. The van der Waals surface area contributed by atoms with Crippen LogP contribution >= 0.6 is 0 Å². The van der Waals surface area contributed by atoms with Crippen LogP contribution in [0.5, 0.6) is 0 Å². The maximum Gasteiger partial charge on any atom is 0.254 e. The van der Waals surface area contributed by atoms with Gasteiger partial charge < -0.3 is 4.90 Å². The molecule has 3 rings (SSSR count). The standard InChI is InChI=1S/C20H28N2O3S/c1-14(2)7-8-21-9-10-22(19-13-26(24,25)12-18(19)21)20(23)17-6-5-15(3)11-16(17)4/h5-7,11,18-19H,8-10,12-13H2,1-4H3/t18-,19+/m0/s1. The monoisotopic (exact) mass is 376 g/mol. The molecule has 0 radical (unpaired) electrons. The molecule has 0 aliphatic carbocycles. The number of fused-ring (bicyclic) bond motifs is 1. The number of benzene rings is 1. The molecule has 5 nitrogen and oxygen atoms in total. The highest BCUT2D eigenvalue weighted by atomic mass is 32.2. The zero-order valence-corrected chi connectivity index (χ0v) is 16.8. The SMILES string of the molecule is CC(C)=CCN1CCN(C(=O)c2ccc(C)cc2C)[C@@H]2CS(=O)(=O)C[C@@H]21. The molecule has 0 unspecified atom stereocenters. The van der Waals surface area contributed by atoms with Gasteiger partial charge in [0.05, 0.1) is 17.5 Å². The Labute approximate surface area is 156 Å². The number of aryl methyl sites for hydroxylation is 2. The van der Waals surface area contributed by atoms with Crippen LogP contribution in [0.3, 0.4) is 0 Å². The Hall–Kier alpha value is -1.66. The fourth-order valence-corrected chi connectivity index (χ4v) is 6.02. The van der Waals surface area contributed by atoms with Crippen molar-refractivity contribution in [1.82, 2.24) is 9.80 Å². The average Bonchev–Trinajstić information content (AvgIpc) is 2.87. The van der Waals surface area contributed by atoms with E-state index in [1.54, 1.807) is 4.90 Å². The van der Waals surface area contributed by atoms with Gasteiger partial charge in [-0.25, -0.2) is 8.42 Å². The van der Waals surface area contributed by atoms with Crippen LogP contribution < -0.4 is 0 Å². The fourth-order valence-electron chi connectivity index (χ4n) is 4.01. The van der Waals surface area contributed by atoms with Crippen molar-refractivity contribution >= 4 is 15.7 Å². The van der Waals surface area contributed by atoms with Crippen molar-refractivity contribution in [3.05, 3.63) is 46.5 Å². The van der Waals surface area contributed by atoms with Crippen molar-refractivity contribution in [3.63, 3.8) is 0 Å². The van der Waals surface area contributed by atoms with Gasteiger partial charge in [-0.1, -0.05) is 29.3 Å². The zero-order chi connectivity index (χ0) is 19.1. The predicted molar refractivity (Wildman–Crippen MR) is 104 cm³/mol. The molecule has 2 atom stereocenters. The number of allylic oxidation sites excluding steroid dienone is 1. The molecule has 0 N–H and O–H groups in total. The number of rotatable bonds is 3. The summed E-state index contributed by atoms with van der Waals surface area (Å²) in [6.45, 7) is 10.0. The summed E-state index contributed by atoms with van der Waals surface area (Å²) >= 11 is 0. The number of sulfone groups is 1. The number of carbonyl (C=O) groups is 1. The lowest BCUT2D eigenvalue weighted by molar-refractivity contribution is 0.0367. The molecule has 6 heteroatoms. The highest BCUT2D eigenvalue weighted by molar-refractivity contribution is 7.91. The van der Waals surface area contributed by atoms with Gasteiger partial charge in [0.1, 0.15) is 0 Å². The lowest BCUT2D eigenvalue weighted by atomic mass is 10.00. The molecule has 0 spiro atoms. The zero-order valence-electron chi connectivity index (χ0n) is 16.0. The fraction of sp³-hybridized carbons (Fsp3) is 0.550. The summed E-state index contributed by atoms with van der Waals surface area (Å²) in [6.07, 6.45) is 2.13. The highest BCUT2D eigenvalue weighted by Crippen LogP contribution is 2.29. The molecule has 1 aromatic carbocycles. The third-order valence-electron chi connectivity index (χ3n) is 5.40. The largest absolute Gasteiger partial charge is 0.332 e. The van der Waals surface area contributed by atoms with Crippen LogP contribution in [0.4, 0.5) is 0 Å². The van der Waals surface area contributed by atoms with Crippen LogP contribution in [0.1, 0.15) is 35.3 Å². The molecule has 1 amide bonds. The van der Waals surface area contributed by atoms with Gasteiger partial charge in [-0.3, -0.25) is 9.69 Å². The first-order valence-electron chi connectivity index (χ1n) is 9.14. The molecule has 26 heavy (non-hydrogen) atoms. The lowest BCUT2D eigenvalue weighted by Crippen LogP contribution is -2.60. The maximum absolute atomic E-state index is 13.2. The highest BCUT2D eigenvalue weighted by Gasteiger charge is 2.47. The maximum atomic E-state index is 13.2. The molecule has 2 heterocycles. The van der Waals surface area contributed by atoms with Crippen molar-refractivity contribution in [2.75, 3.05) is 31.1 Å². The van der Waals surface area contributed by atoms with Crippen LogP contribution in [-0.2, 0) is 9.84 Å². The van der Waals surface area contributed by atoms with Gasteiger partial charge >= 0.3 is 0 Å². The Morgan fingerprint density at radius 3 is 2.50 bits per heavy atom. The van der Waals surface area contributed by atoms with Gasteiger partial charge in [0.2, 0.25) is 0 Å². The molecular weight excluding hydrogens is 348 g/mol. The Bertz CT molecular complexity index is 841. The summed E-state index contributed by atoms with van der Waals surface area (Å²) < 4.78 is 24.6. The first kappa shape index (κ1) is 19.1. The van der Waals surface area contributed by atoms with Gasteiger partial charge in [0.15, 0.2) is 9.84 Å². The molecule has 0 aromatic heterocycles. The van der Waals surface area contributed by atoms with Gasteiger partial charge in [-0.2, -0.15) is 0 Å². The summed E-state index contributed by atoms with van der Waals surface area (Å²) in [7, 11) is -3.12. The van der Waals surface area contributed by atoms with Crippen molar-refractivity contribution in [3.8, 4) is 0 Å². The summed E-state index contributed by atoms with van der Waals surface area (Å²) in [5.41, 5.74) is 3.96. The lowest BCUT2D eigenvalue weighted by Gasteiger charge is -2.43. The molecule has 142 valence electrons.